The summed E-state index contributed by atoms with van der Waals surface area (Å²) < 4.78 is 5.87. The predicted molar refractivity (Wildman–Crippen MR) is 149 cm³/mol. The second kappa shape index (κ2) is 12.9. The molecule has 3 heterocycles. The van der Waals surface area contributed by atoms with Crippen LogP contribution in [0, 0.1) is 11.8 Å². The van der Waals surface area contributed by atoms with Crippen LogP contribution in [0.1, 0.15) is 64.5 Å². The lowest BCUT2D eigenvalue weighted by atomic mass is 9.89. The van der Waals surface area contributed by atoms with Crippen LogP contribution in [0.4, 0.5) is 0 Å². The third-order valence-corrected chi connectivity index (χ3v) is 7.79. The Kier molecular flexibility index (Phi) is 9.58. The number of ether oxygens (including phenoxy) is 1. The third kappa shape index (κ3) is 7.35. The summed E-state index contributed by atoms with van der Waals surface area (Å²) in [5.41, 5.74) is 6.26. The van der Waals surface area contributed by atoms with Crippen molar-refractivity contribution in [3.8, 4) is 0 Å². The van der Waals surface area contributed by atoms with E-state index in [0.717, 1.165) is 23.1 Å². The molecule has 1 aliphatic carbocycles. The number of hydrogen-bond acceptors (Lipinski definition) is 7. The number of rotatable bonds is 1. The number of carbonyl (C=O) groups excluding carboxylic acids is 3. The molecule has 3 aliphatic heterocycles. The van der Waals surface area contributed by atoms with Crippen LogP contribution in [0.3, 0.4) is 0 Å². The first-order valence-corrected chi connectivity index (χ1v) is 14.1. The van der Waals surface area contributed by atoms with Crippen molar-refractivity contribution in [3.05, 3.63) is 53.6 Å². The van der Waals surface area contributed by atoms with Crippen LogP contribution in [-0.2, 0) is 25.5 Å². The Hall–Kier alpha value is -3.01. The number of aryl methyl sites for hydroxylation is 1. The molecule has 5 rings (SSSR count). The maximum absolute atomic E-state index is 13.2. The number of carbonyl (C=O) groups is 3. The van der Waals surface area contributed by atoms with Crippen LogP contribution in [0.15, 0.2) is 42.5 Å². The zero-order valence-electron chi connectivity index (χ0n) is 23.4. The van der Waals surface area contributed by atoms with Gasteiger partial charge in [-0.2, -0.15) is 0 Å². The molecule has 4 N–H and O–H groups in total. The van der Waals surface area contributed by atoms with Crippen molar-refractivity contribution in [1.29, 1.82) is 0 Å². The highest BCUT2D eigenvalue weighted by atomic mass is 16.5. The van der Waals surface area contributed by atoms with Gasteiger partial charge in [0.2, 0.25) is 5.91 Å². The van der Waals surface area contributed by atoms with Crippen molar-refractivity contribution in [1.82, 2.24) is 21.1 Å². The van der Waals surface area contributed by atoms with Crippen LogP contribution in [-0.4, -0.2) is 64.9 Å². The third-order valence-electron chi connectivity index (χ3n) is 7.79. The highest BCUT2D eigenvalue weighted by molar-refractivity contribution is 5.90. The molecule has 9 heteroatoms. The fourth-order valence-corrected chi connectivity index (χ4v) is 5.32. The first kappa shape index (κ1) is 29.0. The number of aliphatic hydroxyl groups is 1. The van der Waals surface area contributed by atoms with E-state index >= 15 is 0 Å². The Balaban J connectivity index is 1.58. The summed E-state index contributed by atoms with van der Waals surface area (Å²) in [6, 6.07) is 6.12. The van der Waals surface area contributed by atoms with E-state index in [9.17, 15) is 19.5 Å². The minimum Gasteiger partial charge on any atom is -0.461 e. The topological polar surface area (TPSA) is 120 Å². The Bertz CT molecular complexity index is 1100. The summed E-state index contributed by atoms with van der Waals surface area (Å²) in [6.45, 7) is 7.75. The van der Waals surface area contributed by atoms with E-state index in [1.807, 2.05) is 20.8 Å². The monoisotopic (exact) mass is 538 g/mol. The summed E-state index contributed by atoms with van der Waals surface area (Å²) in [4.78, 5) is 39.3. The molecule has 0 radical (unpaired) electrons. The number of aliphatic hydroxyl groups excluding tert-OH is 1. The number of hydrazine groups is 1. The quantitative estimate of drug-likeness (QED) is 0.406. The lowest BCUT2D eigenvalue weighted by Crippen LogP contribution is -2.61. The van der Waals surface area contributed by atoms with E-state index < -0.39 is 24.4 Å². The first-order valence-electron chi connectivity index (χ1n) is 14.1. The van der Waals surface area contributed by atoms with E-state index in [2.05, 4.69) is 58.6 Å². The molecule has 0 saturated carbocycles. The van der Waals surface area contributed by atoms with Gasteiger partial charge in [0.05, 0.1) is 6.04 Å². The molecule has 1 aromatic carbocycles. The molecule has 9 nitrogen and oxygen atoms in total. The molecular formula is C30H42N4O5. The number of allylic oxidation sites excluding steroid dienone is 3. The number of benzene rings is 1. The van der Waals surface area contributed by atoms with Gasteiger partial charge in [0.25, 0.3) is 5.91 Å². The van der Waals surface area contributed by atoms with Gasteiger partial charge in [-0.3, -0.25) is 24.7 Å². The average Bonchev–Trinajstić information content (AvgIpc) is 2.94. The van der Waals surface area contributed by atoms with Crippen molar-refractivity contribution in [3.63, 3.8) is 0 Å². The van der Waals surface area contributed by atoms with Gasteiger partial charge in [-0.25, -0.2) is 5.43 Å². The SMILES string of the molecule is CC1NC(=O)C(C(C)C)NC(O)CCc2ccc(cc2)C2=CC(CC=C2)[C@@H](C)OC(=O)C2CCCN(N2)C1=O. The summed E-state index contributed by atoms with van der Waals surface area (Å²) in [5.74, 6) is -1.14. The molecule has 4 aliphatic rings. The number of esters is 1. The van der Waals surface area contributed by atoms with Crippen molar-refractivity contribution >= 4 is 23.4 Å². The van der Waals surface area contributed by atoms with Crippen LogP contribution in [0.25, 0.3) is 5.57 Å². The molecule has 6 atom stereocenters. The lowest BCUT2D eigenvalue weighted by Gasteiger charge is -2.35. The fraction of sp³-hybridized carbons (Fsp3) is 0.567. The summed E-state index contributed by atoms with van der Waals surface area (Å²) in [6.07, 6.45) is 8.21. The molecule has 1 aromatic rings. The van der Waals surface area contributed by atoms with E-state index in [-0.39, 0.29) is 35.7 Å². The first-order chi connectivity index (χ1) is 18.6. The van der Waals surface area contributed by atoms with Crippen molar-refractivity contribution in [2.75, 3.05) is 6.54 Å². The molecule has 0 aromatic heterocycles. The smallest absolute Gasteiger partial charge is 0.325 e. The maximum Gasteiger partial charge on any atom is 0.325 e. The normalized spacial score (nSPS) is 31.2. The Morgan fingerprint density at radius 1 is 1.08 bits per heavy atom. The molecule has 2 amide bonds. The molecule has 39 heavy (non-hydrogen) atoms. The van der Waals surface area contributed by atoms with Crippen molar-refractivity contribution in [2.24, 2.45) is 11.8 Å². The van der Waals surface area contributed by atoms with E-state index in [4.69, 9.17) is 4.74 Å². The minimum atomic E-state index is -0.881. The molecule has 5 unspecified atom stereocenters. The van der Waals surface area contributed by atoms with Gasteiger partial charge in [-0.15, -0.1) is 0 Å². The van der Waals surface area contributed by atoms with Crippen LogP contribution < -0.4 is 16.1 Å². The zero-order valence-corrected chi connectivity index (χ0v) is 23.4. The predicted octanol–water partition coefficient (Wildman–Crippen LogP) is 2.46. The number of nitrogens with one attached hydrogen (secondary N) is 3. The largest absolute Gasteiger partial charge is 0.461 e. The van der Waals surface area contributed by atoms with Gasteiger partial charge in [0, 0.05) is 12.5 Å². The molecule has 212 valence electrons. The standard InChI is InChI=1S/C30H42N4O5/c1-18(2)27-28(36)31-19(3)29(37)34-16-6-9-25(33-34)30(38)39-20(4)23-7-5-8-24(17-23)22-13-10-21(11-14-22)12-15-26(35)32-27/h5,8,10-11,13-14,17-20,23,25-27,32-33,35H,6-7,9,12,15-16H2,1-4H3,(H,31,36)/t19?,20-,23?,25?,26?,27?/m1/s1. The van der Waals surface area contributed by atoms with Gasteiger partial charge < -0.3 is 15.2 Å². The van der Waals surface area contributed by atoms with Crippen LogP contribution in [0.2, 0.25) is 0 Å². The second-order valence-corrected chi connectivity index (χ2v) is 11.2. The molecule has 1 saturated heterocycles. The minimum absolute atomic E-state index is 0.0400. The molecular weight excluding hydrogens is 496 g/mol. The molecule has 0 spiro atoms. The average molecular weight is 539 g/mol. The van der Waals surface area contributed by atoms with E-state index in [1.54, 1.807) is 6.92 Å². The lowest BCUT2D eigenvalue weighted by molar-refractivity contribution is -0.158. The van der Waals surface area contributed by atoms with E-state index in [0.29, 0.717) is 32.2 Å². The van der Waals surface area contributed by atoms with Gasteiger partial charge in [0.15, 0.2) is 0 Å². The number of fused-ring (bicyclic) bond motifs is 12. The van der Waals surface area contributed by atoms with Gasteiger partial charge in [-0.05, 0) is 68.6 Å². The van der Waals surface area contributed by atoms with E-state index in [1.165, 1.54) is 5.01 Å². The van der Waals surface area contributed by atoms with Gasteiger partial charge in [-0.1, -0.05) is 56.3 Å². The highest BCUT2D eigenvalue weighted by Gasteiger charge is 2.34. The van der Waals surface area contributed by atoms with Crippen LogP contribution in [0.5, 0.6) is 0 Å². The maximum atomic E-state index is 13.2. The Morgan fingerprint density at radius 3 is 2.54 bits per heavy atom. The summed E-state index contributed by atoms with van der Waals surface area (Å²) in [5, 5.41) is 17.9. The zero-order chi connectivity index (χ0) is 28.1. The Morgan fingerprint density at radius 2 is 1.82 bits per heavy atom. The second-order valence-electron chi connectivity index (χ2n) is 11.2. The van der Waals surface area contributed by atoms with Crippen molar-refractivity contribution in [2.45, 2.75) is 90.3 Å². The summed E-state index contributed by atoms with van der Waals surface area (Å²) >= 11 is 0. The van der Waals surface area contributed by atoms with Gasteiger partial charge >= 0.3 is 5.97 Å². The molecule has 1 fully saturated rings. The van der Waals surface area contributed by atoms with Crippen molar-refractivity contribution < 1.29 is 24.2 Å². The molecule has 6 bridgehead atoms. The number of nitrogens with zero attached hydrogens (tertiary/aromatic N) is 1. The number of amides is 2. The summed E-state index contributed by atoms with van der Waals surface area (Å²) in [7, 11) is 0. The Labute approximate surface area is 231 Å². The van der Waals surface area contributed by atoms with Gasteiger partial charge in [0.1, 0.15) is 24.4 Å². The van der Waals surface area contributed by atoms with Crippen LogP contribution >= 0.6 is 0 Å². The number of hydrogen-bond donors (Lipinski definition) is 4. The highest BCUT2D eigenvalue weighted by Crippen LogP contribution is 2.28. The fourth-order valence-electron chi connectivity index (χ4n) is 5.32.